The molecule has 1 aliphatic rings. The Morgan fingerprint density at radius 1 is 1.44 bits per heavy atom. The van der Waals surface area contributed by atoms with Gasteiger partial charge in [0.25, 0.3) is 0 Å². The van der Waals surface area contributed by atoms with Crippen LogP contribution in [-0.4, -0.2) is 26.3 Å². The number of methoxy groups -OCH3 is 1. The molecule has 0 aliphatic carbocycles. The minimum absolute atomic E-state index is 0. The monoisotopic (exact) mass is 263 g/mol. The third-order valence-corrected chi connectivity index (χ3v) is 2.74. The highest BCUT2D eigenvalue weighted by Gasteiger charge is 2.17. The normalized spacial score (nSPS) is 19.0. The van der Waals surface area contributed by atoms with Gasteiger partial charge in [-0.3, -0.25) is 0 Å². The second-order valence-corrected chi connectivity index (χ2v) is 3.94. The fourth-order valence-corrected chi connectivity index (χ4v) is 1.83. The van der Waals surface area contributed by atoms with Crippen LogP contribution in [0.2, 0.25) is 5.02 Å². The fraction of sp³-hybridized carbons (Fsp3) is 0.455. The number of hydrogen-bond donors (Lipinski definition) is 1. The molecule has 1 aromatic rings. The summed E-state index contributed by atoms with van der Waals surface area (Å²) >= 11 is 6.06. The van der Waals surface area contributed by atoms with Crippen molar-refractivity contribution in [3.05, 3.63) is 23.2 Å². The summed E-state index contributed by atoms with van der Waals surface area (Å²) in [7, 11) is 1.62. The van der Waals surface area contributed by atoms with Crippen molar-refractivity contribution in [1.82, 2.24) is 5.32 Å². The van der Waals surface area contributed by atoms with Gasteiger partial charge in [0.15, 0.2) is 0 Å². The van der Waals surface area contributed by atoms with Gasteiger partial charge in [0.05, 0.1) is 12.1 Å². The Bertz CT molecular complexity index is 341. The van der Waals surface area contributed by atoms with Crippen LogP contribution >= 0.6 is 24.0 Å². The highest BCUT2D eigenvalue weighted by Crippen LogP contribution is 2.29. The van der Waals surface area contributed by atoms with E-state index in [2.05, 4.69) is 5.32 Å². The molecule has 0 saturated carbocycles. The average Bonchev–Trinajstić information content (AvgIpc) is 2.74. The summed E-state index contributed by atoms with van der Waals surface area (Å²) in [4.78, 5) is 0. The molecule has 0 bridgehead atoms. The molecule has 1 atom stereocenters. The minimum Gasteiger partial charge on any atom is -0.497 e. The number of rotatable bonds is 3. The molecule has 1 unspecified atom stereocenters. The predicted octanol–water partition coefficient (Wildman–Crippen LogP) is 2.51. The molecule has 0 amide bonds. The van der Waals surface area contributed by atoms with Gasteiger partial charge >= 0.3 is 0 Å². The Morgan fingerprint density at radius 3 is 2.81 bits per heavy atom. The van der Waals surface area contributed by atoms with Crippen molar-refractivity contribution in [2.45, 2.75) is 12.5 Å². The Balaban J connectivity index is 0.00000128. The van der Waals surface area contributed by atoms with Crippen LogP contribution in [0, 0.1) is 0 Å². The molecule has 1 N–H and O–H groups in total. The lowest BCUT2D eigenvalue weighted by Gasteiger charge is -2.14. The summed E-state index contributed by atoms with van der Waals surface area (Å²) in [5, 5.41) is 3.84. The molecule has 0 aromatic heterocycles. The van der Waals surface area contributed by atoms with E-state index >= 15 is 0 Å². The SMILES string of the molecule is COc1ccc(OC2CCNC2)c(Cl)c1.Cl. The summed E-state index contributed by atoms with van der Waals surface area (Å²) in [6, 6.07) is 5.46. The number of nitrogens with one attached hydrogen (secondary N) is 1. The summed E-state index contributed by atoms with van der Waals surface area (Å²) in [6.45, 7) is 1.90. The van der Waals surface area contributed by atoms with Gasteiger partial charge in [-0.2, -0.15) is 0 Å². The van der Waals surface area contributed by atoms with Crippen molar-refractivity contribution in [3.8, 4) is 11.5 Å². The first-order valence-electron chi connectivity index (χ1n) is 5.00. The topological polar surface area (TPSA) is 30.5 Å². The van der Waals surface area contributed by atoms with Crippen molar-refractivity contribution in [2.24, 2.45) is 0 Å². The lowest BCUT2D eigenvalue weighted by atomic mass is 10.3. The molecule has 1 heterocycles. The Hall–Kier alpha value is -0.640. The van der Waals surface area contributed by atoms with Gasteiger partial charge in [-0.15, -0.1) is 12.4 Å². The molecule has 5 heteroatoms. The number of halogens is 2. The molecule has 0 radical (unpaired) electrons. The first kappa shape index (κ1) is 13.4. The van der Waals surface area contributed by atoms with Crippen molar-refractivity contribution in [1.29, 1.82) is 0 Å². The van der Waals surface area contributed by atoms with Crippen LogP contribution in [0.3, 0.4) is 0 Å². The maximum Gasteiger partial charge on any atom is 0.138 e. The minimum atomic E-state index is 0. The van der Waals surface area contributed by atoms with E-state index in [0.29, 0.717) is 5.02 Å². The van der Waals surface area contributed by atoms with E-state index in [1.807, 2.05) is 12.1 Å². The van der Waals surface area contributed by atoms with E-state index in [1.165, 1.54) is 0 Å². The number of benzene rings is 1. The van der Waals surface area contributed by atoms with Crippen molar-refractivity contribution >= 4 is 24.0 Å². The average molecular weight is 264 g/mol. The standard InChI is InChI=1S/C11H14ClNO2.ClH/c1-14-8-2-3-11(10(12)6-8)15-9-4-5-13-7-9;/h2-3,6,9,13H,4-5,7H2,1H3;1H. The zero-order valence-corrected chi connectivity index (χ0v) is 10.6. The smallest absolute Gasteiger partial charge is 0.138 e. The van der Waals surface area contributed by atoms with E-state index in [9.17, 15) is 0 Å². The molecule has 2 rings (SSSR count). The quantitative estimate of drug-likeness (QED) is 0.909. The molecule has 1 saturated heterocycles. The first-order chi connectivity index (χ1) is 7.29. The largest absolute Gasteiger partial charge is 0.497 e. The molecule has 1 fully saturated rings. The van der Waals surface area contributed by atoms with Gasteiger partial charge < -0.3 is 14.8 Å². The van der Waals surface area contributed by atoms with Crippen molar-refractivity contribution in [2.75, 3.05) is 20.2 Å². The highest BCUT2D eigenvalue weighted by atomic mass is 35.5. The number of ether oxygens (including phenoxy) is 2. The van der Waals surface area contributed by atoms with Crippen LogP contribution in [0.5, 0.6) is 11.5 Å². The zero-order chi connectivity index (χ0) is 10.7. The van der Waals surface area contributed by atoms with Gasteiger partial charge in [0.2, 0.25) is 0 Å². The first-order valence-corrected chi connectivity index (χ1v) is 5.38. The zero-order valence-electron chi connectivity index (χ0n) is 9.03. The van der Waals surface area contributed by atoms with Crippen LogP contribution < -0.4 is 14.8 Å². The molecular formula is C11H15Cl2NO2. The summed E-state index contributed by atoms with van der Waals surface area (Å²) in [5.74, 6) is 1.48. The summed E-state index contributed by atoms with van der Waals surface area (Å²) in [5.41, 5.74) is 0. The molecule has 1 aromatic carbocycles. The Labute approximate surface area is 106 Å². The molecule has 16 heavy (non-hydrogen) atoms. The van der Waals surface area contributed by atoms with Crippen LogP contribution in [0.25, 0.3) is 0 Å². The lowest BCUT2D eigenvalue weighted by molar-refractivity contribution is 0.223. The Kier molecular flexibility index (Phi) is 5.19. The Morgan fingerprint density at radius 2 is 2.25 bits per heavy atom. The summed E-state index contributed by atoms with van der Waals surface area (Å²) in [6.07, 6.45) is 1.26. The predicted molar refractivity (Wildman–Crippen MR) is 67.2 cm³/mol. The van der Waals surface area contributed by atoms with Gasteiger partial charge in [-0.1, -0.05) is 11.6 Å². The van der Waals surface area contributed by atoms with E-state index < -0.39 is 0 Å². The van der Waals surface area contributed by atoms with Crippen LogP contribution in [-0.2, 0) is 0 Å². The third-order valence-electron chi connectivity index (χ3n) is 2.45. The summed E-state index contributed by atoms with van der Waals surface area (Å²) < 4.78 is 10.8. The van der Waals surface area contributed by atoms with E-state index in [1.54, 1.807) is 13.2 Å². The van der Waals surface area contributed by atoms with Crippen molar-refractivity contribution in [3.63, 3.8) is 0 Å². The van der Waals surface area contributed by atoms with E-state index in [4.69, 9.17) is 21.1 Å². The van der Waals surface area contributed by atoms with E-state index in [0.717, 1.165) is 31.0 Å². The van der Waals surface area contributed by atoms with Crippen LogP contribution in [0.4, 0.5) is 0 Å². The fourth-order valence-electron chi connectivity index (χ4n) is 1.61. The maximum absolute atomic E-state index is 6.06. The second kappa shape index (κ2) is 6.18. The van der Waals surface area contributed by atoms with Gasteiger partial charge in [-0.05, 0) is 25.1 Å². The second-order valence-electron chi connectivity index (χ2n) is 3.53. The molecule has 90 valence electrons. The van der Waals surface area contributed by atoms with Crippen LogP contribution in [0.15, 0.2) is 18.2 Å². The van der Waals surface area contributed by atoms with Gasteiger partial charge in [0, 0.05) is 12.6 Å². The number of hydrogen-bond acceptors (Lipinski definition) is 3. The third kappa shape index (κ3) is 3.17. The van der Waals surface area contributed by atoms with Crippen molar-refractivity contribution < 1.29 is 9.47 Å². The van der Waals surface area contributed by atoms with Crippen LogP contribution in [0.1, 0.15) is 6.42 Å². The maximum atomic E-state index is 6.06. The highest BCUT2D eigenvalue weighted by molar-refractivity contribution is 6.32. The molecule has 0 spiro atoms. The van der Waals surface area contributed by atoms with Gasteiger partial charge in [0.1, 0.15) is 17.6 Å². The van der Waals surface area contributed by atoms with Gasteiger partial charge in [-0.25, -0.2) is 0 Å². The van der Waals surface area contributed by atoms with E-state index in [-0.39, 0.29) is 18.5 Å². The molecular weight excluding hydrogens is 249 g/mol. The lowest BCUT2D eigenvalue weighted by Crippen LogP contribution is -2.19. The molecule has 1 aliphatic heterocycles. The molecule has 3 nitrogen and oxygen atoms in total.